The summed E-state index contributed by atoms with van der Waals surface area (Å²) >= 11 is 5.94. The topological polar surface area (TPSA) is 41.1 Å². The third-order valence-corrected chi connectivity index (χ3v) is 3.14. The van der Waals surface area contributed by atoms with Crippen molar-refractivity contribution in [3.05, 3.63) is 29.3 Å². The predicted octanol–water partition coefficient (Wildman–Crippen LogP) is 3.40. The molecule has 0 radical (unpaired) electrons. The number of benzene rings is 1. The van der Waals surface area contributed by atoms with Gasteiger partial charge in [-0.3, -0.25) is 0 Å². The van der Waals surface area contributed by atoms with Crippen LogP contribution in [0.2, 0.25) is 5.02 Å². The zero-order valence-corrected chi connectivity index (χ0v) is 9.76. The van der Waals surface area contributed by atoms with Crippen LogP contribution in [0.15, 0.2) is 24.3 Å². The number of nitrogens with one attached hydrogen (secondary N) is 2. The van der Waals surface area contributed by atoms with Gasteiger partial charge in [0.2, 0.25) is 0 Å². The van der Waals surface area contributed by atoms with Gasteiger partial charge in [-0.25, -0.2) is 4.79 Å². The van der Waals surface area contributed by atoms with Gasteiger partial charge >= 0.3 is 6.03 Å². The zero-order chi connectivity index (χ0) is 11.4. The summed E-state index contributed by atoms with van der Waals surface area (Å²) in [4.78, 5) is 11.6. The van der Waals surface area contributed by atoms with Crippen LogP contribution in [0.5, 0.6) is 0 Å². The molecule has 0 unspecified atom stereocenters. The molecule has 3 nitrogen and oxygen atoms in total. The Kier molecular flexibility index (Phi) is 3.67. The molecule has 1 aromatic carbocycles. The van der Waals surface area contributed by atoms with Crippen LogP contribution < -0.4 is 10.6 Å². The number of carbonyl (C=O) groups excluding carboxylic acids is 1. The number of amides is 2. The first kappa shape index (κ1) is 11.3. The lowest BCUT2D eigenvalue weighted by Gasteiger charge is -2.13. The molecule has 86 valence electrons. The summed E-state index contributed by atoms with van der Waals surface area (Å²) < 4.78 is 0. The molecule has 1 aliphatic rings. The minimum absolute atomic E-state index is 0.167. The fourth-order valence-electron chi connectivity index (χ4n) is 1.98. The Labute approximate surface area is 100 Å². The molecular formula is C12H15ClN2O. The largest absolute Gasteiger partial charge is 0.335 e. The van der Waals surface area contributed by atoms with E-state index >= 15 is 0 Å². The van der Waals surface area contributed by atoms with Crippen molar-refractivity contribution in [2.75, 3.05) is 5.32 Å². The van der Waals surface area contributed by atoms with Crippen molar-refractivity contribution < 1.29 is 4.79 Å². The lowest BCUT2D eigenvalue weighted by atomic mass is 10.2. The number of anilines is 1. The van der Waals surface area contributed by atoms with Gasteiger partial charge in [0.05, 0.1) is 10.7 Å². The van der Waals surface area contributed by atoms with Crippen molar-refractivity contribution in [3.8, 4) is 0 Å². The number of hydrogen-bond acceptors (Lipinski definition) is 1. The van der Waals surface area contributed by atoms with Crippen LogP contribution in [-0.4, -0.2) is 12.1 Å². The first-order valence-electron chi connectivity index (χ1n) is 5.58. The average Bonchev–Trinajstić information content (AvgIpc) is 2.74. The van der Waals surface area contributed by atoms with Crippen molar-refractivity contribution in [3.63, 3.8) is 0 Å². The summed E-state index contributed by atoms with van der Waals surface area (Å²) in [7, 11) is 0. The molecule has 1 aromatic rings. The van der Waals surface area contributed by atoms with Crippen molar-refractivity contribution in [1.29, 1.82) is 0 Å². The molecule has 0 atom stereocenters. The Morgan fingerprint density at radius 2 is 1.94 bits per heavy atom. The van der Waals surface area contributed by atoms with Crippen LogP contribution >= 0.6 is 11.6 Å². The van der Waals surface area contributed by atoms with Crippen LogP contribution in [0.4, 0.5) is 10.5 Å². The lowest BCUT2D eigenvalue weighted by Crippen LogP contribution is -2.36. The van der Waals surface area contributed by atoms with Gasteiger partial charge in [-0.2, -0.15) is 0 Å². The van der Waals surface area contributed by atoms with Crippen LogP contribution in [0, 0.1) is 0 Å². The molecule has 0 spiro atoms. The van der Waals surface area contributed by atoms with E-state index in [0.717, 1.165) is 12.8 Å². The highest BCUT2D eigenvalue weighted by atomic mass is 35.5. The van der Waals surface area contributed by atoms with E-state index in [0.29, 0.717) is 16.8 Å². The molecule has 0 aromatic heterocycles. The smallest absolute Gasteiger partial charge is 0.319 e. The second-order valence-corrected chi connectivity index (χ2v) is 4.47. The Bertz CT molecular complexity index is 375. The fourth-order valence-corrected chi connectivity index (χ4v) is 2.16. The number of rotatable bonds is 2. The Morgan fingerprint density at radius 3 is 2.62 bits per heavy atom. The fraction of sp³-hybridized carbons (Fsp3) is 0.417. The van der Waals surface area contributed by atoms with Gasteiger partial charge in [0.15, 0.2) is 0 Å². The lowest BCUT2D eigenvalue weighted by molar-refractivity contribution is 0.248. The number of halogens is 1. The molecule has 1 aliphatic carbocycles. The van der Waals surface area contributed by atoms with Crippen LogP contribution in [-0.2, 0) is 0 Å². The number of hydrogen-bond donors (Lipinski definition) is 2. The summed E-state index contributed by atoms with van der Waals surface area (Å²) in [5.41, 5.74) is 0.652. The van der Waals surface area contributed by atoms with E-state index in [1.54, 1.807) is 12.1 Å². The minimum atomic E-state index is -0.167. The summed E-state index contributed by atoms with van der Waals surface area (Å²) in [6, 6.07) is 7.38. The normalized spacial score (nSPS) is 16.1. The molecule has 1 saturated carbocycles. The summed E-state index contributed by atoms with van der Waals surface area (Å²) in [5, 5.41) is 6.26. The Morgan fingerprint density at radius 1 is 1.25 bits per heavy atom. The van der Waals surface area contributed by atoms with Gasteiger partial charge in [-0.15, -0.1) is 0 Å². The van der Waals surface area contributed by atoms with Gasteiger partial charge in [0.1, 0.15) is 0 Å². The van der Waals surface area contributed by atoms with Crippen molar-refractivity contribution >= 4 is 23.3 Å². The highest BCUT2D eigenvalue weighted by Gasteiger charge is 2.17. The predicted molar refractivity (Wildman–Crippen MR) is 65.9 cm³/mol. The van der Waals surface area contributed by atoms with E-state index in [1.807, 2.05) is 12.1 Å². The van der Waals surface area contributed by atoms with Crippen LogP contribution in [0.1, 0.15) is 25.7 Å². The molecule has 2 N–H and O–H groups in total. The molecule has 4 heteroatoms. The molecule has 2 amide bonds. The standard InChI is InChI=1S/C12H15ClN2O/c13-10-7-3-4-8-11(10)15-12(16)14-9-5-1-2-6-9/h3-4,7-9H,1-2,5-6H2,(H2,14,15,16). The maximum atomic E-state index is 11.6. The van der Waals surface area contributed by atoms with E-state index in [2.05, 4.69) is 10.6 Å². The third kappa shape index (κ3) is 2.89. The first-order valence-corrected chi connectivity index (χ1v) is 5.95. The molecule has 0 aliphatic heterocycles. The Hall–Kier alpha value is -1.22. The van der Waals surface area contributed by atoms with E-state index in [4.69, 9.17) is 11.6 Å². The third-order valence-electron chi connectivity index (χ3n) is 2.81. The number of urea groups is 1. The second-order valence-electron chi connectivity index (χ2n) is 4.06. The highest BCUT2D eigenvalue weighted by molar-refractivity contribution is 6.33. The molecule has 0 saturated heterocycles. The molecule has 0 bridgehead atoms. The molecule has 2 rings (SSSR count). The highest BCUT2D eigenvalue weighted by Crippen LogP contribution is 2.21. The van der Waals surface area contributed by atoms with Crippen molar-refractivity contribution in [2.45, 2.75) is 31.7 Å². The van der Waals surface area contributed by atoms with Crippen LogP contribution in [0.3, 0.4) is 0 Å². The van der Waals surface area contributed by atoms with Crippen molar-refractivity contribution in [1.82, 2.24) is 5.32 Å². The second kappa shape index (κ2) is 5.21. The monoisotopic (exact) mass is 238 g/mol. The van der Waals surface area contributed by atoms with Gasteiger partial charge < -0.3 is 10.6 Å². The minimum Gasteiger partial charge on any atom is -0.335 e. The molecule has 16 heavy (non-hydrogen) atoms. The SMILES string of the molecule is O=C(Nc1ccccc1Cl)NC1CCCC1. The van der Waals surface area contributed by atoms with Crippen molar-refractivity contribution in [2.24, 2.45) is 0 Å². The molecule has 0 heterocycles. The van der Waals surface area contributed by atoms with Gasteiger partial charge in [0, 0.05) is 6.04 Å². The first-order chi connectivity index (χ1) is 7.75. The Balaban J connectivity index is 1.89. The number of para-hydroxylation sites is 1. The maximum absolute atomic E-state index is 11.6. The summed E-state index contributed by atoms with van der Waals surface area (Å²) in [5.74, 6) is 0. The van der Waals surface area contributed by atoms with E-state index in [1.165, 1.54) is 12.8 Å². The maximum Gasteiger partial charge on any atom is 0.319 e. The quantitative estimate of drug-likeness (QED) is 0.815. The van der Waals surface area contributed by atoms with Gasteiger partial charge in [-0.1, -0.05) is 36.6 Å². The van der Waals surface area contributed by atoms with E-state index in [9.17, 15) is 4.79 Å². The molecule has 1 fully saturated rings. The van der Waals surface area contributed by atoms with Crippen LogP contribution in [0.25, 0.3) is 0 Å². The van der Waals surface area contributed by atoms with Gasteiger partial charge in [0.25, 0.3) is 0 Å². The van der Waals surface area contributed by atoms with E-state index in [-0.39, 0.29) is 6.03 Å². The number of carbonyl (C=O) groups is 1. The summed E-state index contributed by atoms with van der Waals surface area (Å²) in [6.45, 7) is 0. The zero-order valence-electron chi connectivity index (χ0n) is 9.00. The van der Waals surface area contributed by atoms with Gasteiger partial charge in [-0.05, 0) is 25.0 Å². The van der Waals surface area contributed by atoms with E-state index < -0.39 is 0 Å². The average molecular weight is 239 g/mol. The summed E-state index contributed by atoms with van der Waals surface area (Å²) in [6.07, 6.45) is 4.57. The molecular weight excluding hydrogens is 224 g/mol.